The van der Waals surface area contributed by atoms with Gasteiger partial charge >= 0.3 is 0 Å². The molecule has 0 radical (unpaired) electrons. The summed E-state index contributed by atoms with van der Waals surface area (Å²) in [4.78, 5) is 34.0. The van der Waals surface area contributed by atoms with Gasteiger partial charge in [-0.15, -0.1) is 0 Å². The lowest BCUT2D eigenvalue weighted by atomic mass is 10.2. The zero-order valence-electron chi connectivity index (χ0n) is 18.2. The number of carbonyl (C=O) groups excluding carboxylic acids is 1. The van der Waals surface area contributed by atoms with Gasteiger partial charge in [-0.2, -0.15) is 0 Å². The second-order valence-corrected chi connectivity index (χ2v) is 7.53. The number of aryl methyl sites for hydroxylation is 1. The van der Waals surface area contributed by atoms with Crippen LogP contribution >= 0.6 is 0 Å². The molecule has 0 unspecified atom stereocenters. The normalized spacial score (nSPS) is 10.6. The Balaban J connectivity index is 1.24. The Labute approximate surface area is 195 Å². The van der Waals surface area contributed by atoms with E-state index in [1.54, 1.807) is 24.4 Å². The van der Waals surface area contributed by atoms with Crippen LogP contribution in [0.4, 0.5) is 28.8 Å². The standard InChI is InChI=1S/C25H20N8O/c1-16-10-11-26-22(12-16)33-24-13-23(28-15-29-24)30-17-6-8-18(9-7-17)31-25(34)21-14-27-19-4-2-3-5-20(19)32-21/h2-15H,1H3,(H,31,34)(H2,26,28,29,30,33). The van der Waals surface area contributed by atoms with E-state index in [0.717, 1.165) is 16.8 Å². The lowest BCUT2D eigenvalue weighted by Gasteiger charge is -2.10. The minimum Gasteiger partial charge on any atom is -0.340 e. The van der Waals surface area contributed by atoms with E-state index in [9.17, 15) is 4.79 Å². The Morgan fingerprint density at radius 1 is 0.735 bits per heavy atom. The SMILES string of the molecule is Cc1ccnc(Nc2cc(Nc3ccc(NC(=O)c4cnc5ccccc5n4)cc3)ncn2)c1. The van der Waals surface area contributed by atoms with Crippen molar-refractivity contribution in [2.24, 2.45) is 0 Å². The fraction of sp³-hybridized carbons (Fsp3) is 0.0400. The molecule has 1 amide bonds. The third kappa shape index (κ3) is 4.94. The first kappa shape index (κ1) is 21.0. The number of nitrogens with one attached hydrogen (secondary N) is 3. The molecule has 9 heteroatoms. The van der Waals surface area contributed by atoms with Crippen molar-refractivity contribution in [1.29, 1.82) is 0 Å². The molecule has 0 saturated carbocycles. The van der Waals surface area contributed by atoms with Crippen LogP contribution in [0.5, 0.6) is 0 Å². The van der Waals surface area contributed by atoms with Gasteiger partial charge in [0.05, 0.1) is 17.2 Å². The second-order valence-electron chi connectivity index (χ2n) is 7.53. The molecule has 2 aromatic carbocycles. The zero-order valence-corrected chi connectivity index (χ0v) is 18.2. The van der Waals surface area contributed by atoms with Crippen molar-refractivity contribution in [3.05, 3.63) is 96.7 Å². The number of anilines is 5. The molecule has 5 rings (SSSR count). The molecular weight excluding hydrogens is 428 g/mol. The van der Waals surface area contributed by atoms with Crippen molar-refractivity contribution in [3.63, 3.8) is 0 Å². The first-order valence-electron chi connectivity index (χ1n) is 10.5. The number of hydrogen-bond donors (Lipinski definition) is 3. The van der Waals surface area contributed by atoms with Crippen LogP contribution in [0.25, 0.3) is 11.0 Å². The molecule has 0 aliphatic rings. The summed E-state index contributed by atoms with van der Waals surface area (Å²) in [5, 5.41) is 9.24. The minimum absolute atomic E-state index is 0.255. The van der Waals surface area contributed by atoms with Gasteiger partial charge in [0.2, 0.25) is 0 Å². The molecule has 0 bridgehead atoms. The molecule has 0 fully saturated rings. The first-order valence-corrected chi connectivity index (χ1v) is 10.5. The lowest BCUT2D eigenvalue weighted by molar-refractivity contribution is 0.102. The van der Waals surface area contributed by atoms with Crippen LogP contribution in [0.2, 0.25) is 0 Å². The molecule has 9 nitrogen and oxygen atoms in total. The predicted octanol–water partition coefficient (Wildman–Crippen LogP) is 4.86. The average Bonchev–Trinajstić information content (AvgIpc) is 2.85. The van der Waals surface area contributed by atoms with Crippen molar-refractivity contribution in [1.82, 2.24) is 24.9 Å². The molecule has 0 saturated heterocycles. The fourth-order valence-electron chi connectivity index (χ4n) is 3.28. The average molecular weight is 448 g/mol. The number of hydrogen-bond acceptors (Lipinski definition) is 8. The summed E-state index contributed by atoms with van der Waals surface area (Å²) in [6.07, 6.45) is 4.69. The summed E-state index contributed by atoms with van der Waals surface area (Å²) in [5.41, 5.74) is 4.22. The summed E-state index contributed by atoms with van der Waals surface area (Å²) in [5.74, 6) is 1.63. The summed E-state index contributed by atoms with van der Waals surface area (Å²) < 4.78 is 0. The van der Waals surface area contributed by atoms with E-state index in [2.05, 4.69) is 40.9 Å². The third-order valence-electron chi connectivity index (χ3n) is 4.94. The van der Waals surface area contributed by atoms with E-state index >= 15 is 0 Å². The third-order valence-corrected chi connectivity index (χ3v) is 4.94. The number of para-hydroxylation sites is 2. The number of benzene rings is 2. The maximum atomic E-state index is 12.6. The number of aromatic nitrogens is 5. The molecular formula is C25H20N8O. The van der Waals surface area contributed by atoms with Crippen LogP contribution in [-0.2, 0) is 0 Å². The van der Waals surface area contributed by atoms with Gasteiger partial charge < -0.3 is 16.0 Å². The lowest BCUT2D eigenvalue weighted by Crippen LogP contribution is -2.14. The molecule has 3 heterocycles. The van der Waals surface area contributed by atoms with Crippen molar-refractivity contribution in [2.75, 3.05) is 16.0 Å². The van der Waals surface area contributed by atoms with Gasteiger partial charge in [0.1, 0.15) is 29.5 Å². The molecule has 5 aromatic rings. The number of pyridine rings is 1. The smallest absolute Gasteiger partial charge is 0.275 e. The van der Waals surface area contributed by atoms with Crippen molar-refractivity contribution >= 4 is 45.8 Å². The highest BCUT2D eigenvalue weighted by Crippen LogP contribution is 2.21. The maximum absolute atomic E-state index is 12.6. The Morgan fingerprint density at radius 3 is 2.24 bits per heavy atom. The van der Waals surface area contributed by atoms with Gasteiger partial charge in [0, 0.05) is 23.6 Å². The quantitative estimate of drug-likeness (QED) is 0.337. The van der Waals surface area contributed by atoms with Crippen LogP contribution in [-0.4, -0.2) is 30.8 Å². The molecule has 0 aliphatic heterocycles. The van der Waals surface area contributed by atoms with Crippen molar-refractivity contribution < 1.29 is 4.79 Å². The van der Waals surface area contributed by atoms with E-state index in [0.29, 0.717) is 28.7 Å². The number of carbonyl (C=O) groups is 1. The summed E-state index contributed by atoms with van der Waals surface area (Å²) in [7, 11) is 0. The van der Waals surface area contributed by atoms with E-state index in [1.165, 1.54) is 12.5 Å². The Kier molecular flexibility index (Phi) is 5.73. The van der Waals surface area contributed by atoms with E-state index in [-0.39, 0.29) is 11.6 Å². The zero-order chi connectivity index (χ0) is 23.3. The second kappa shape index (κ2) is 9.29. The maximum Gasteiger partial charge on any atom is 0.275 e. The molecule has 0 spiro atoms. The molecule has 3 aromatic heterocycles. The molecule has 0 aliphatic carbocycles. The van der Waals surface area contributed by atoms with Crippen LogP contribution in [0.3, 0.4) is 0 Å². The first-order chi connectivity index (χ1) is 16.6. The highest BCUT2D eigenvalue weighted by Gasteiger charge is 2.10. The molecule has 166 valence electrons. The highest BCUT2D eigenvalue weighted by atomic mass is 16.1. The largest absolute Gasteiger partial charge is 0.340 e. The minimum atomic E-state index is -0.324. The Bertz CT molecular complexity index is 1470. The van der Waals surface area contributed by atoms with Crippen LogP contribution in [0, 0.1) is 6.92 Å². The summed E-state index contributed by atoms with van der Waals surface area (Å²) in [6.45, 7) is 2.00. The van der Waals surface area contributed by atoms with E-state index in [1.807, 2.05) is 55.5 Å². The van der Waals surface area contributed by atoms with Crippen molar-refractivity contribution in [2.45, 2.75) is 6.92 Å². The number of nitrogens with zero attached hydrogens (tertiary/aromatic N) is 5. The van der Waals surface area contributed by atoms with Crippen LogP contribution < -0.4 is 16.0 Å². The fourth-order valence-corrected chi connectivity index (χ4v) is 3.28. The summed E-state index contributed by atoms with van der Waals surface area (Å²) >= 11 is 0. The number of amides is 1. The number of rotatable bonds is 6. The van der Waals surface area contributed by atoms with Gasteiger partial charge in [0.25, 0.3) is 5.91 Å². The monoisotopic (exact) mass is 448 g/mol. The van der Waals surface area contributed by atoms with Crippen molar-refractivity contribution in [3.8, 4) is 0 Å². The van der Waals surface area contributed by atoms with Crippen LogP contribution in [0.15, 0.2) is 85.5 Å². The molecule has 34 heavy (non-hydrogen) atoms. The van der Waals surface area contributed by atoms with E-state index in [4.69, 9.17) is 0 Å². The molecule has 3 N–H and O–H groups in total. The highest BCUT2D eigenvalue weighted by molar-refractivity contribution is 6.03. The number of fused-ring (bicyclic) bond motifs is 1. The van der Waals surface area contributed by atoms with Gasteiger partial charge in [-0.25, -0.2) is 19.9 Å². The van der Waals surface area contributed by atoms with Gasteiger partial charge in [-0.3, -0.25) is 9.78 Å². The van der Waals surface area contributed by atoms with Gasteiger partial charge in [-0.05, 0) is 61.0 Å². The predicted molar refractivity (Wildman–Crippen MR) is 132 cm³/mol. The Morgan fingerprint density at radius 2 is 1.44 bits per heavy atom. The van der Waals surface area contributed by atoms with Gasteiger partial charge in [0.15, 0.2) is 0 Å². The molecule has 0 atom stereocenters. The van der Waals surface area contributed by atoms with E-state index < -0.39 is 0 Å². The Hall–Kier alpha value is -4.92. The summed E-state index contributed by atoms with van der Waals surface area (Å²) in [6, 6.07) is 20.4. The van der Waals surface area contributed by atoms with Crippen LogP contribution in [0.1, 0.15) is 16.1 Å². The topological polar surface area (TPSA) is 118 Å². The van der Waals surface area contributed by atoms with Gasteiger partial charge in [-0.1, -0.05) is 12.1 Å².